The van der Waals surface area contributed by atoms with E-state index in [2.05, 4.69) is 4.74 Å². The highest BCUT2D eigenvalue weighted by Gasteiger charge is 2.35. The summed E-state index contributed by atoms with van der Waals surface area (Å²) in [6, 6.07) is 7.15. The van der Waals surface area contributed by atoms with Crippen LogP contribution < -0.4 is 4.74 Å². The number of methoxy groups -OCH3 is 1. The quantitative estimate of drug-likeness (QED) is 0.607. The fourth-order valence-electron chi connectivity index (χ4n) is 1.42. The fraction of sp³-hybridized carbons (Fsp3) is 0.333. The van der Waals surface area contributed by atoms with Crippen molar-refractivity contribution in [3.63, 3.8) is 0 Å². The zero-order valence-electron chi connectivity index (χ0n) is 9.75. The van der Waals surface area contributed by atoms with Gasteiger partial charge in [0.05, 0.1) is 7.11 Å². The zero-order chi connectivity index (χ0) is 13.0. The minimum atomic E-state index is -0.844. The van der Waals surface area contributed by atoms with Crippen molar-refractivity contribution in [2.24, 2.45) is 0 Å². The molecular formula is C12H12O5S. The number of cyclic esters (lactones) is 1. The molecule has 0 saturated carbocycles. The number of benzene rings is 1. The van der Waals surface area contributed by atoms with Crippen LogP contribution in [0.2, 0.25) is 0 Å². The molecule has 1 aliphatic heterocycles. The van der Waals surface area contributed by atoms with Gasteiger partial charge < -0.3 is 14.2 Å². The van der Waals surface area contributed by atoms with E-state index in [0.29, 0.717) is 0 Å². The first-order valence-corrected chi connectivity index (χ1v) is 6.33. The minimum Gasteiger partial charge on any atom is -0.497 e. The van der Waals surface area contributed by atoms with Gasteiger partial charge in [-0.25, -0.2) is 0 Å². The van der Waals surface area contributed by atoms with E-state index < -0.39 is 17.2 Å². The summed E-state index contributed by atoms with van der Waals surface area (Å²) in [5.74, 6) is -0.140. The van der Waals surface area contributed by atoms with E-state index >= 15 is 0 Å². The zero-order valence-corrected chi connectivity index (χ0v) is 10.6. The van der Waals surface area contributed by atoms with Gasteiger partial charge in [0.25, 0.3) is 0 Å². The van der Waals surface area contributed by atoms with Gasteiger partial charge in [0, 0.05) is 0 Å². The number of carbonyl (C=O) groups excluding carboxylic acids is 2. The van der Waals surface area contributed by atoms with Crippen molar-refractivity contribution >= 4 is 23.7 Å². The Morgan fingerprint density at radius 1 is 1.44 bits per heavy atom. The Kier molecular flexibility index (Phi) is 4.09. The molecule has 0 bridgehead atoms. The molecule has 1 fully saturated rings. The molecule has 96 valence electrons. The molecule has 1 saturated heterocycles. The molecule has 1 aromatic carbocycles. The molecule has 6 heteroatoms. The minimum absolute atomic E-state index is 0.132. The van der Waals surface area contributed by atoms with E-state index in [1.807, 2.05) is 0 Å². The topological polar surface area (TPSA) is 61.8 Å². The van der Waals surface area contributed by atoms with Gasteiger partial charge in [-0.2, -0.15) is 0 Å². The van der Waals surface area contributed by atoms with E-state index in [-0.39, 0.29) is 12.5 Å². The van der Waals surface area contributed by atoms with Gasteiger partial charge >= 0.3 is 11.9 Å². The average molecular weight is 268 g/mol. The molecule has 0 aromatic heterocycles. The number of hydrogen-bond donors (Lipinski definition) is 0. The Bertz CT molecular complexity index is 442. The highest BCUT2D eigenvalue weighted by Crippen LogP contribution is 2.22. The third-order valence-corrected chi connectivity index (χ3v) is 3.38. The number of esters is 2. The van der Waals surface area contributed by atoms with Gasteiger partial charge in [-0.15, -0.1) is 0 Å². The van der Waals surface area contributed by atoms with Crippen molar-refractivity contribution in [2.75, 3.05) is 13.0 Å². The second-order valence-electron chi connectivity index (χ2n) is 3.58. The van der Waals surface area contributed by atoms with Crippen molar-refractivity contribution in [3.8, 4) is 5.75 Å². The van der Waals surface area contributed by atoms with Crippen LogP contribution in [0.15, 0.2) is 24.3 Å². The van der Waals surface area contributed by atoms with E-state index in [4.69, 9.17) is 9.47 Å². The lowest BCUT2D eigenvalue weighted by Gasteiger charge is -2.07. The number of rotatable bonds is 4. The van der Waals surface area contributed by atoms with Crippen LogP contribution in [0.5, 0.6) is 5.75 Å². The molecule has 1 aliphatic rings. The van der Waals surface area contributed by atoms with Crippen molar-refractivity contribution < 1.29 is 23.8 Å². The van der Waals surface area contributed by atoms with Gasteiger partial charge in [-0.1, -0.05) is 23.9 Å². The molecule has 2 rings (SSSR count). The van der Waals surface area contributed by atoms with E-state index in [0.717, 1.165) is 23.1 Å². The van der Waals surface area contributed by atoms with E-state index in [1.54, 1.807) is 31.4 Å². The Balaban J connectivity index is 1.86. The van der Waals surface area contributed by atoms with Crippen LogP contribution in [0.1, 0.15) is 5.56 Å². The van der Waals surface area contributed by atoms with Gasteiger partial charge in [-0.05, 0) is 17.7 Å². The van der Waals surface area contributed by atoms with Crippen molar-refractivity contribution in [1.82, 2.24) is 0 Å². The second-order valence-corrected chi connectivity index (χ2v) is 4.62. The van der Waals surface area contributed by atoms with Crippen LogP contribution in [0.25, 0.3) is 0 Å². The van der Waals surface area contributed by atoms with Crippen molar-refractivity contribution in [2.45, 2.75) is 11.9 Å². The number of thioether (sulfide) groups is 1. The molecule has 0 N–H and O–H groups in total. The van der Waals surface area contributed by atoms with Crippen LogP contribution >= 0.6 is 11.8 Å². The number of hydrogen-bond acceptors (Lipinski definition) is 6. The Morgan fingerprint density at radius 2 is 2.17 bits per heavy atom. The van der Waals surface area contributed by atoms with Gasteiger partial charge in [0.1, 0.15) is 18.3 Å². The SMILES string of the molecule is COc1ccc(COC(=O)C2SCOC2=O)cc1. The van der Waals surface area contributed by atoms with Gasteiger partial charge in [0.2, 0.25) is 5.25 Å². The average Bonchev–Trinajstić information content (AvgIpc) is 2.83. The van der Waals surface area contributed by atoms with Crippen LogP contribution in [-0.4, -0.2) is 30.2 Å². The summed E-state index contributed by atoms with van der Waals surface area (Å²) in [6.07, 6.45) is 0. The number of ether oxygens (including phenoxy) is 3. The van der Waals surface area contributed by atoms with Crippen LogP contribution in [0.4, 0.5) is 0 Å². The second kappa shape index (κ2) is 5.77. The first kappa shape index (κ1) is 12.8. The van der Waals surface area contributed by atoms with Crippen LogP contribution in [-0.2, 0) is 25.7 Å². The van der Waals surface area contributed by atoms with E-state index in [1.165, 1.54) is 0 Å². The highest BCUT2D eigenvalue weighted by molar-refractivity contribution is 8.01. The first-order valence-electron chi connectivity index (χ1n) is 5.28. The lowest BCUT2D eigenvalue weighted by molar-refractivity contribution is -0.151. The van der Waals surface area contributed by atoms with Crippen molar-refractivity contribution in [3.05, 3.63) is 29.8 Å². The monoisotopic (exact) mass is 268 g/mol. The molecule has 18 heavy (non-hydrogen) atoms. The summed E-state index contributed by atoms with van der Waals surface area (Å²) in [5.41, 5.74) is 0.834. The predicted molar refractivity (Wildman–Crippen MR) is 65.1 cm³/mol. The molecule has 0 radical (unpaired) electrons. The summed E-state index contributed by atoms with van der Waals surface area (Å²) in [6.45, 7) is 0.132. The fourth-order valence-corrected chi connectivity index (χ4v) is 2.15. The largest absolute Gasteiger partial charge is 0.497 e. The third kappa shape index (κ3) is 2.95. The van der Waals surface area contributed by atoms with E-state index in [9.17, 15) is 9.59 Å². The summed E-state index contributed by atoms with van der Waals surface area (Å²) in [7, 11) is 1.58. The maximum Gasteiger partial charge on any atom is 0.331 e. The molecule has 1 aromatic rings. The van der Waals surface area contributed by atoms with Crippen molar-refractivity contribution in [1.29, 1.82) is 0 Å². The summed E-state index contributed by atoms with van der Waals surface area (Å²) in [4.78, 5) is 22.7. The van der Waals surface area contributed by atoms with Gasteiger partial charge in [0.15, 0.2) is 0 Å². The molecule has 0 aliphatic carbocycles. The van der Waals surface area contributed by atoms with Crippen LogP contribution in [0.3, 0.4) is 0 Å². The Labute approximate surface area is 108 Å². The molecule has 1 heterocycles. The lowest BCUT2D eigenvalue weighted by Crippen LogP contribution is -2.25. The highest BCUT2D eigenvalue weighted by atomic mass is 32.2. The Morgan fingerprint density at radius 3 is 2.72 bits per heavy atom. The lowest BCUT2D eigenvalue weighted by atomic mass is 10.2. The number of carbonyl (C=O) groups is 2. The normalized spacial score (nSPS) is 18.3. The summed E-state index contributed by atoms with van der Waals surface area (Å²) >= 11 is 1.13. The summed E-state index contributed by atoms with van der Waals surface area (Å²) in [5, 5.41) is -0.844. The Hall–Kier alpha value is -1.69. The molecule has 5 nitrogen and oxygen atoms in total. The van der Waals surface area contributed by atoms with Gasteiger partial charge in [-0.3, -0.25) is 9.59 Å². The molecule has 0 amide bonds. The molecule has 0 spiro atoms. The maximum atomic E-state index is 11.6. The molecule has 1 unspecified atom stereocenters. The predicted octanol–water partition coefficient (Wildman–Crippen LogP) is 1.35. The maximum absolute atomic E-state index is 11.6. The molecular weight excluding hydrogens is 256 g/mol. The smallest absolute Gasteiger partial charge is 0.331 e. The van der Waals surface area contributed by atoms with Crippen LogP contribution in [0, 0.1) is 0 Å². The third-order valence-electron chi connectivity index (χ3n) is 2.40. The summed E-state index contributed by atoms with van der Waals surface area (Å²) < 4.78 is 14.7. The first-order chi connectivity index (χ1) is 8.70. The molecule has 1 atom stereocenters. The standard InChI is InChI=1S/C12H12O5S/c1-15-9-4-2-8(3-5-9)6-16-11(13)10-12(14)17-7-18-10/h2-5,10H,6-7H2,1H3.